The fraction of sp³-hybridized carbons (Fsp3) is 0.190. The first kappa shape index (κ1) is 20.9. The maximum absolute atomic E-state index is 12.1. The molecule has 150 valence electrons. The van der Waals surface area contributed by atoms with Crippen LogP contribution in [0.2, 0.25) is 10.0 Å². The first-order valence-electron chi connectivity index (χ1n) is 8.91. The van der Waals surface area contributed by atoms with Crippen LogP contribution < -0.4 is 10.6 Å². The van der Waals surface area contributed by atoms with Gasteiger partial charge in [-0.2, -0.15) is 0 Å². The molecule has 0 aromatic heterocycles. The van der Waals surface area contributed by atoms with E-state index >= 15 is 0 Å². The summed E-state index contributed by atoms with van der Waals surface area (Å²) in [5.74, 6) is -1.37. The minimum atomic E-state index is -0.677. The van der Waals surface area contributed by atoms with E-state index in [1.807, 2.05) is 0 Å². The van der Waals surface area contributed by atoms with Gasteiger partial charge in [-0.3, -0.25) is 9.59 Å². The summed E-state index contributed by atoms with van der Waals surface area (Å²) in [5.41, 5.74) is 1.57. The fourth-order valence-electron chi connectivity index (χ4n) is 2.40. The molecule has 2 N–H and O–H groups in total. The van der Waals surface area contributed by atoms with Crippen LogP contribution in [0.15, 0.2) is 48.5 Å². The largest absolute Gasteiger partial charge is 0.452 e. The minimum Gasteiger partial charge on any atom is -0.452 e. The van der Waals surface area contributed by atoms with Gasteiger partial charge in [0.2, 0.25) is 0 Å². The Labute approximate surface area is 177 Å². The van der Waals surface area contributed by atoms with Gasteiger partial charge in [0.25, 0.3) is 11.8 Å². The highest BCUT2D eigenvalue weighted by atomic mass is 35.5. The van der Waals surface area contributed by atoms with Crippen molar-refractivity contribution in [2.45, 2.75) is 18.9 Å². The highest BCUT2D eigenvalue weighted by Gasteiger charge is 2.23. The average Bonchev–Trinajstić information content (AvgIpc) is 3.51. The van der Waals surface area contributed by atoms with Crippen molar-refractivity contribution < 1.29 is 19.1 Å². The molecular weight excluding hydrogens is 415 g/mol. The Hall–Kier alpha value is -2.83. The zero-order valence-electron chi connectivity index (χ0n) is 15.3. The number of rotatable bonds is 7. The third-order valence-electron chi connectivity index (χ3n) is 4.02. The molecule has 2 aromatic rings. The number of halogens is 2. The second-order valence-corrected chi connectivity index (χ2v) is 7.31. The number of esters is 1. The molecule has 2 aromatic carbocycles. The van der Waals surface area contributed by atoms with Crippen LogP contribution in [-0.4, -0.2) is 30.4 Å². The zero-order chi connectivity index (χ0) is 20.8. The molecule has 6 nitrogen and oxygen atoms in total. The number of ether oxygens (including phenoxy) is 1. The molecule has 0 unspecified atom stereocenters. The van der Waals surface area contributed by atoms with Crippen LogP contribution in [0.25, 0.3) is 6.08 Å². The van der Waals surface area contributed by atoms with Gasteiger partial charge < -0.3 is 15.4 Å². The predicted molar refractivity (Wildman–Crippen MR) is 112 cm³/mol. The van der Waals surface area contributed by atoms with Gasteiger partial charge in [0.05, 0.1) is 10.0 Å². The van der Waals surface area contributed by atoms with E-state index in [0.717, 1.165) is 12.8 Å². The molecule has 1 aliphatic carbocycles. The SMILES string of the molecule is O=C(COC(=O)/C=C/c1ccc(Cl)c(Cl)c1)Nc1cccc(C(=O)NC2CC2)c1. The summed E-state index contributed by atoms with van der Waals surface area (Å²) in [6, 6.07) is 11.7. The molecule has 0 spiro atoms. The second kappa shape index (κ2) is 9.58. The van der Waals surface area contributed by atoms with Gasteiger partial charge in [-0.15, -0.1) is 0 Å². The van der Waals surface area contributed by atoms with Gasteiger partial charge in [0.1, 0.15) is 0 Å². The van der Waals surface area contributed by atoms with E-state index in [-0.39, 0.29) is 11.9 Å². The number of anilines is 1. The molecule has 0 radical (unpaired) electrons. The first-order chi connectivity index (χ1) is 13.9. The molecule has 0 atom stereocenters. The van der Waals surface area contributed by atoms with Crippen LogP contribution in [-0.2, 0) is 14.3 Å². The third-order valence-corrected chi connectivity index (χ3v) is 4.76. The Morgan fingerprint density at radius 3 is 2.59 bits per heavy atom. The van der Waals surface area contributed by atoms with Crippen molar-refractivity contribution in [2.24, 2.45) is 0 Å². The maximum atomic E-state index is 12.1. The van der Waals surface area contributed by atoms with Crippen molar-refractivity contribution in [1.29, 1.82) is 0 Å². The number of hydrogen-bond acceptors (Lipinski definition) is 4. The lowest BCUT2D eigenvalue weighted by Gasteiger charge is -2.08. The maximum Gasteiger partial charge on any atom is 0.331 e. The van der Waals surface area contributed by atoms with Crippen LogP contribution in [0, 0.1) is 0 Å². The molecule has 29 heavy (non-hydrogen) atoms. The number of hydrogen-bond donors (Lipinski definition) is 2. The molecule has 1 aliphatic rings. The monoisotopic (exact) mass is 432 g/mol. The van der Waals surface area contributed by atoms with E-state index in [9.17, 15) is 14.4 Å². The van der Waals surface area contributed by atoms with E-state index in [1.165, 1.54) is 12.2 Å². The highest BCUT2D eigenvalue weighted by Crippen LogP contribution is 2.23. The quantitative estimate of drug-likeness (QED) is 0.509. The topological polar surface area (TPSA) is 84.5 Å². The summed E-state index contributed by atoms with van der Waals surface area (Å²) < 4.78 is 4.91. The average molecular weight is 433 g/mol. The van der Waals surface area contributed by atoms with Gasteiger partial charge in [0.15, 0.2) is 6.61 Å². The van der Waals surface area contributed by atoms with Crippen LogP contribution in [0.4, 0.5) is 5.69 Å². The van der Waals surface area contributed by atoms with Crippen molar-refractivity contribution in [3.8, 4) is 0 Å². The first-order valence-corrected chi connectivity index (χ1v) is 9.67. The smallest absolute Gasteiger partial charge is 0.331 e. The van der Waals surface area contributed by atoms with E-state index in [4.69, 9.17) is 27.9 Å². The summed E-state index contributed by atoms with van der Waals surface area (Å²) in [6.07, 6.45) is 4.68. The molecular formula is C21H18Cl2N2O4. The molecule has 8 heteroatoms. The standard InChI is InChI=1S/C21H18Cl2N2O4/c22-17-8-4-13(10-18(17)23)5-9-20(27)29-12-19(26)24-16-3-1-2-14(11-16)21(28)25-15-6-7-15/h1-5,8-11,15H,6-7,12H2,(H,24,26)(H,25,28)/b9-5+. The normalized spacial score (nSPS) is 13.2. The summed E-state index contributed by atoms with van der Waals surface area (Å²) in [7, 11) is 0. The molecule has 0 saturated heterocycles. The van der Waals surface area contributed by atoms with Crippen LogP contribution in [0.5, 0.6) is 0 Å². The van der Waals surface area contributed by atoms with Crippen LogP contribution in [0.3, 0.4) is 0 Å². The highest BCUT2D eigenvalue weighted by molar-refractivity contribution is 6.42. The number of nitrogens with one attached hydrogen (secondary N) is 2. The van der Waals surface area contributed by atoms with Crippen LogP contribution in [0.1, 0.15) is 28.8 Å². The van der Waals surface area contributed by atoms with E-state index in [0.29, 0.717) is 26.9 Å². The molecule has 0 heterocycles. The molecule has 0 bridgehead atoms. The summed E-state index contributed by atoms with van der Waals surface area (Å²) in [6.45, 7) is -0.455. The lowest BCUT2D eigenvalue weighted by molar-refractivity contribution is -0.142. The molecule has 1 saturated carbocycles. The summed E-state index contributed by atoms with van der Waals surface area (Å²) in [5, 5.41) is 6.26. The van der Waals surface area contributed by atoms with Crippen molar-refractivity contribution in [2.75, 3.05) is 11.9 Å². The number of benzene rings is 2. The van der Waals surface area contributed by atoms with Gasteiger partial charge in [0, 0.05) is 23.4 Å². The van der Waals surface area contributed by atoms with Gasteiger partial charge in [-0.25, -0.2) is 4.79 Å². The van der Waals surface area contributed by atoms with Crippen molar-refractivity contribution >= 4 is 52.7 Å². The Kier molecular flexibility index (Phi) is 6.90. The Morgan fingerprint density at radius 2 is 1.86 bits per heavy atom. The minimum absolute atomic E-state index is 0.178. The van der Waals surface area contributed by atoms with Crippen molar-refractivity contribution in [3.63, 3.8) is 0 Å². The number of carbonyl (C=O) groups is 3. The Morgan fingerprint density at radius 1 is 1.07 bits per heavy atom. The lowest BCUT2D eigenvalue weighted by atomic mass is 10.2. The molecule has 3 rings (SSSR count). The van der Waals surface area contributed by atoms with Crippen molar-refractivity contribution in [1.82, 2.24) is 5.32 Å². The fourth-order valence-corrected chi connectivity index (χ4v) is 2.70. The Balaban J connectivity index is 1.47. The Bertz CT molecular complexity index is 971. The van der Waals surface area contributed by atoms with Crippen LogP contribution >= 0.6 is 23.2 Å². The zero-order valence-corrected chi connectivity index (χ0v) is 16.8. The molecule has 1 fully saturated rings. The third kappa shape index (κ3) is 6.62. The summed E-state index contributed by atoms with van der Waals surface area (Å²) >= 11 is 11.7. The van der Waals surface area contributed by atoms with Gasteiger partial charge in [-0.1, -0.05) is 35.3 Å². The number of amides is 2. The van der Waals surface area contributed by atoms with E-state index < -0.39 is 18.5 Å². The lowest BCUT2D eigenvalue weighted by Crippen LogP contribution is -2.25. The predicted octanol–water partition coefficient (Wildman–Crippen LogP) is 4.08. The molecule has 2 amide bonds. The second-order valence-electron chi connectivity index (χ2n) is 6.49. The summed E-state index contributed by atoms with van der Waals surface area (Å²) in [4.78, 5) is 35.8. The number of carbonyl (C=O) groups excluding carboxylic acids is 3. The van der Waals surface area contributed by atoms with Gasteiger partial charge in [-0.05, 0) is 54.8 Å². The van der Waals surface area contributed by atoms with E-state index in [1.54, 1.807) is 42.5 Å². The van der Waals surface area contributed by atoms with Gasteiger partial charge >= 0.3 is 5.97 Å². The van der Waals surface area contributed by atoms with Crippen molar-refractivity contribution in [3.05, 3.63) is 69.7 Å². The molecule has 0 aliphatic heterocycles. The van der Waals surface area contributed by atoms with E-state index in [2.05, 4.69) is 10.6 Å².